The molecule has 6 aromatic carbocycles. The van der Waals surface area contributed by atoms with E-state index in [-0.39, 0.29) is 0 Å². The number of fused-ring (bicyclic) bond motifs is 12. The fraction of sp³-hybridized carbons (Fsp3) is 0.0476. The Bertz CT molecular complexity index is 2980. The van der Waals surface area contributed by atoms with Crippen LogP contribution in [0.1, 0.15) is 17.7 Å². The summed E-state index contributed by atoms with van der Waals surface area (Å²) >= 11 is 1.82. The Morgan fingerprint density at radius 3 is 2.36 bits per heavy atom. The highest BCUT2D eigenvalue weighted by atomic mass is 32.1. The Kier molecular flexibility index (Phi) is 5.07. The van der Waals surface area contributed by atoms with Crippen LogP contribution < -0.4 is 0 Å². The summed E-state index contributed by atoms with van der Waals surface area (Å²) in [5.74, 6) is 1.74. The van der Waals surface area contributed by atoms with Crippen LogP contribution in [0.2, 0.25) is 0 Å². The molecule has 0 saturated carbocycles. The van der Waals surface area contributed by atoms with Crippen molar-refractivity contribution in [2.45, 2.75) is 12.8 Å². The number of aryl methyl sites for hydroxylation is 1. The fourth-order valence-electron chi connectivity index (χ4n) is 7.69. The van der Waals surface area contributed by atoms with Crippen molar-refractivity contribution in [2.24, 2.45) is 0 Å². The topological polar surface area (TPSA) is 43.9 Å². The molecule has 0 atom stereocenters. The van der Waals surface area contributed by atoms with E-state index in [1.54, 1.807) is 0 Å². The Balaban J connectivity index is 1.36. The number of nitrogens with zero attached hydrogens (tertiary/aromatic N) is 3. The maximum atomic E-state index is 6.50. The van der Waals surface area contributed by atoms with Crippen molar-refractivity contribution >= 4 is 92.2 Å². The second-order valence-corrected chi connectivity index (χ2v) is 13.5. The summed E-state index contributed by atoms with van der Waals surface area (Å²) in [5, 5.41) is 9.67. The molecule has 10 aromatic rings. The van der Waals surface area contributed by atoms with Gasteiger partial charge in [-0.15, -0.1) is 11.3 Å². The minimum absolute atomic E-state index is 0.583. The highest BCUT2D eigenvalue weighted by Gasteiger charge is 2.26. The van der Waals surface area contributed by atoms with Gasteiger partial charge < -0.3 is 4.42 Å². The Morgan fingerprint density at radius 1 is 0.660 bits per heavy atom. The third-order valence-electron chi connectivity index (χ3n) is 9.83. The van der Waals surface area contributed by atoms with E-state index < -0.39 is 0 Å². The van der Waals surface area contributed by atoms with Gasteiger partial charge >= 0.3 is 0 Å². The lowest BCUT2D eigenvalue weighted by atomic mass is 10.0. The molecule has 0 radical (unpaired) electrons. The molecule has 0 unspecified atom stereocenters. The number of hydrogen-bond acceptors (Lipinski definition) is 4. The first kappa shape index (κ1) is 25.4. The molecule has 4 heterocycles. The van der Waals surface area contributed by atoms with E-state index in [0.717, 1.165) is 57.8 Å². The zero-order valence-corrected chi connectivity index (χ0v) is 26.0. The van der Waals surface area contributed by atoms with Gasteiger partial charge in [-0.1, -0.05) is 109 Å². The molecule has 1 aliphatic rings. The largest absolute Gasteiger partial charge is 0.441 e. The molecule has 4 aromatic heterocycles. The number of furan rings is 1. The molecule has 0 aliphatic heterocycles. The molecule has 0 amide bonds. The van der Waals surface area contributed by atoms with Gasteiger partial charge in [0.15, 0.2) is 5.82 Å². The first-order valence-corrected chi connectivity index (χ1v) is 16.9. The van der Waals surface area contributed by atoms with Crippen molar-refractivity contribution < 1.29 is 4.42 Å². The van der Waals surface area contributed by atoms with Gasteiger partial charge in [-0.2, -0.15) is 4.98 Å². The van der Waals surface area contributed by atoms with Crippen LogP contribution in [-0.4, -0.2) is 14.5 Å². The quantitative estimate of drug-likeness (QED) is 0.193. The van der Waals surface area contributed by atoms with Crippen molar-refractivity contribution in [2.75, 3.05) is 0 Å². The van der Waals surface area contributed by atoms with Crippen molar-refractivity contribution in [3.63, 3.8) is 0 Å². The molecule has 0 bridgehead atoms. The van der Waals surface area contributed by atoms with E-state index >= 15 is 0 Å². The first-order chi connectivity index (χ1) is 23.3. The smallest absolute Gasteiger partial charge is 0.248 e. The first-order valence-electron chi connectivity index (χ1n) is 16.1. The summed E-state index contributed by atoms with van der Waals surface area (Å²) in [4.78, 5) is 11.0. The Hall–Kier alpha value is -5.78. The molecule has 11 rings (SSSR count). The lowest BCUT2D eigenvalue weighted by Gasteiger charge is -2.14. The minimum Gasteiger partial charge on any atom is -0.441 e. The van der Waals surface area contributed by atoms with Gasteiger partial charge in [-0.3, -0.25) is 4.57 Å². The monoisotopic (exact) mass is 619 g/mol. The predicted octanol–water partition coefficient (Wildman–Crippen LogP) is 11.6. The summed E-state index contributed by atoms with van der Waals surface area (Å²) in [6.45, 7) is 0. The zero-order valence-electron chi connectivity index (χ0n) is 25.2. The summed E-state index contributed by atoms with van der Waals surface area (Å²) in [6.07, 6.45) is 6.18. The number of benzene rings is 6. The van der Waals surface area contributed by atoms with E-state index in [2.05, 4.69) is 132 Å². The van der Waals surface area contributed by atoms with Crippen LogP contribution in [0.25, 0.3) is 97.9 Å². The number of allylic oxidation sites excluding steroid dienone is 1. The summed E-state index contributed by atoms with van der Waals surface area (Å²) < 4.78 is 11.3. The SMILES string of the molecule is C1=Cc2c(oc3nc(-n4c5cc6ccccc6cc5c5ccc6ccccc6c54)c(-c4cccc5c4sc4ccccc45)nc23)CC1. The van der Waals surface area contributed by atoms with Gasteiger partial charge in [0.25, 0.3) is 0 Å². The van der Waals surface area contributed by atoms with Crippen molar-refractivity contribution in [1.29, 1.82) is 0 Å². The number of hydrogen-bond donors (Lipinski definition) is 0. The number of aromatic nitrogens is 3. The third-order valence-corrected chi connectivity index (χ3v) is 11.1. The van der Waals surface area contributed by atoms with Gasteiger partial charge in [0, 0.05) is 53.9 Å². The number of rotatable bonds is 2. The molecular formula is C42H25N3OS. The van der Waals surface area contributed by atoms with Crippen molar-refractivity contribution in [3.05, 3.63) is 133 Å². The lowest BCUT2D eigenvalue weighted by molar-refractivity contribution is 0.536. The molecule has 0 saturated heterocycles. The van der Waals surface area contributed by atoms with E-state index in [4.69, 9.17) is 14.4 Å². The second kappa shape index (κ2) is 9.38. The highest BCUT2D eigenvalue weighted by molar-refractivity contribution is 7.26. The Morgan fingerprint density at radius 2 is 1.45 bits per heavy atom. The molecule has 220 valence electrons. The van der Waals surface area contributed by atoms with Gasteiger partial charge in [0.1, 0.15) is 17.0 Å². The lowest BCUT2D eigenvalue weighted by Crippen LogP contribution is -2.04. The normalized spacial score (nSPS) is 13.3. The number of thiophene rings is 1. The predicted molar refractivity (Wildman–Crippen MR) is 197 cm³/mol. The van der Waals surface area contributed by atoms with Crippen LogP contribution in [0.5, 0.6) is 0 Å². The zero-order chi connectivity index (χ0) is 30.6. The van der Waals surface area contributed by atoms with Crippen LogP contribution >= 0.6 is 11.3 Å². The average molecular weight is 620 g/mol. The van der Waals surface area contributed by atoms with E-state index in [0.29, 0.717) is 5.71 Å². The van der Waals surface area contributed by atoms with Crippen LogP contribution in [-0.2, 0) is 6.42 Å². The van der Waals surface area contributed by atoms with E-state index in [1.165, 1.54) is 52.5 Å². The molecule has 0 fully saturated rings. The maximum absolute atomic E-state index is 6.50. The van der Waals surface area contributed by atoms with Gasteiger partial charge in [0.05, 0.1) is 11.0 Å². The minimum atomic E-state index is 0.583. The molecule has 0 N–H and O–H groups in total. The van der Waals surface area contributed by atoms with Crippen LogP contribution in [0.4, 0.5) is 0 Å². The maximum Gasteiger partial charge on any atom is 0.248 e. The summed E-state index contributed by atoms with van der Waals surface area (Å²) in [6, 6.07) is 41.6. The Labute approximate surface area is 272 Å². The summed E-state index contributed by atoms with van der Waals surface area (Å²) in [7, 11) is 0. The van der Waals surface area contributed by atoms with E-state index in [9.17, 15) is 0 Å². The highest BCUT2D eigenvalue weighted by Crippen LogP contribution is 2.45. The molecule has 5 heteroatoms. The van der Waals surface area contributed by atoms with E-state index in [1.807, 2.05) is 11.3 Å². The molecule has 4 nitrogen and oxygen atoms in total. The molecule has 47 heavy (non-hydrogen) atoms. The third kappa shape index (κ3) is 3.52. The standard InChI is InChI=1S/C42H25N3OS/c1-2-12-26-23-34-33(22-25(26)11-1)29-21-20-24-10-3-4-13-27(24)39(29)45(34)41-37(43-38-31-15-5-7-18-35(31)46-42(38)44-41)32-17-9-16-30-28-14-6-8-19-36(28)47-40(30)32/h1-6,8-17,19-23H,7,18H2. The van der Waals surface area contributed by atoms with Crippen molar-refractivity contribution in [3.8, 4) is 17.1 Å². The molecule has 1 aliphatic carbocycles. The van der Waals surface area contributed by atoms with Gasteiger partial charge in [0.2, 0.25) is 5.71 Å². The van der Waals surface area contributed by atoms with Crippen LogP contribution in [0.3, 0.4) is 0 Å². The second-order valence-electron chi connectivity index (χ2n) is 12.4. The van der Waals surface area contributed by atoms with Crippen LogP contribution in [0, 0.1) is 0 Å². The molecule has 0 spiro atoms. The van der Waals surface area contributed by atoms with Crippen LogP contribution in [0.15, 0.2) is 126 Å². The molecular weight excluding hydrogens is 595 g/mol. The summed E-state index contributed by atoms with van der Waals surface area (Å²) in [5.41, 5.74) is 6.63. The van der Waals surface area contributed by atoms with Gasteiger partial charge in [-0.25, -0.2) is 4.98 Å². The fourth-order valence-corrected chi connectivity index (χ4v) is 8.91. The van der Waals surface area contributed by atoms with Crippen molar-refractivity contribution in [1.82, 2.24) is 14.5 Å². The average Bonchev–Trinajstić information content (AvgIpc) is 3.79. The van der Waals surface area contributed by atoms with Gasteiger partial charge in [-0.05, 0) is 40.8 Å².